The molecule has 0 bridgehead atoms. The van der Waals surface area contributed by atoms with E-state index in [0.29, 0.717) is 24.5 Å². The zero-order valence-corrected chi connectivity index (χ0v) is 10.6. The lowest BCUT2D eigenvalue weighted by molar-refractivity contribution is 0.400. The predicted octanol–water partition coefficient (Wildman–Crippen LogP) is 1.96. The lowest BCUT2D eigenvalue weighted by Gasteiger charge is -2.20. The van der Waals surface area contributed by atoms with Crippen LogP contribution < -0.4 is 15.8 Å². The molecule has 0 aromatic heterocycles. The fourth-order valence-corrected chi connectivity index (χ4v) is 1.95. The summed E-state index contributed by atoms with van der Waals surface area (Å²) in [6.07, 6.45) is 5.86. The van der Waals surface area contributed by atoms with Crippen LogP contribution in [0.15, 0.2) is 18.2 Å². The fraction of sp³-hybridized carbons (Fsp3) is 0.385. The van der Waals surface area contributed by atoms with Gasteiger partial charge in [-0.3, -0.25) is 0 Å². The molecule has 0 saturated carbocycles. The Morgan fingerprint density at radius 2 is 2.35 bits per heavy atom. The summed E-state index contributed by atoms with van der Waals surface area (Å²) in [4.78, 5) is 0. The number of methoxy groups -OCH3 is 1. The Hall–Kier alpha value is -1.21. The molecule has 0 radical (unpaired) electrons. The standard InChI is InChI=1S/C13H17ClN2O/c1-3-4-8-16-11(9-15)13-10(14)6-5-7-12(13)17-2/h1,5-7,11,16H,4,8-9,15H2,2H3. The molecule has 0 spiro atoms. The SMILES string of the molecule is C#CCCNC(CN)c1c(Cl)cccc1OC. The molecular formula is C13H17ClN2O. The topological polar surface area (TPSA) is 47.3 Å². The minimum atomic E-state index is -0.0491. The quantitative estimate of drug-likeness (QED) is 0.601. The number of halogens is 1. The van der Waals surface area contributed by atoms with Crippen LogP contribution in [0.5, 0.6) is 5.75 Å². The normalized spacial score (nSPS) is 11.9. The molecular weight excluding hydrogens is 236 g/mol. The van der Waals surface area contributed by atoms with E-state index in [0.717, 1.165) is 11.3 Å². The van der Waals surface area contributed by atoms with Crippen LogP contribution in [0.25, 0.3) is 0 Å². The number of nitrogens with two attached hydrogens (primary N) is 1. The molecule has 0 heterocycles. The molecule has 0 aliphatic carbocycles. The number of ether oxygens (including phenoxy) is 1. The Morgan fingerprint density at radius 1 is 1.59 bits per heavy atom. The van der Waals surface area contributed by atoms with Gasteiger partial charge in [0.15, 0.2) is 0 Å². The predicted molar refractivity (Wildman–Crippen MR) is 71.3 cm³/mol. The molecule has 1 aromatic carbocycles. The Bertz CT molecular complexity index is 401. The van der Waals surface area contributed by atoms with Crippen molar-refractivity contribution in [1.29, 1.82) is 0 Å². The molecule has 0 aliphatic rings. The highest BCUT2D eigenvalue weighted by Gasteiger charge is 2.17. The second kappa shape index (κ2) is 7.18. The van der Waals surface area contributed by atoms with Gasteiger partial charge >= 0.3 is 0 Å². The van der Waals surface area contributed by atoms with Gasteiger partial charge in [0.2, 0.25) is 0 Å². The average molecular weight is 253 g/mol. The summed E-state index contributed by atoms with van der Waals surface area (Å²) in [5.41, 5.74) is 6.64. The van der Waals surface area contributed by atoms with E-state index in [1.807, 2.05) is 18.2 Å². The minimum Gasteiger partial charge on any atom is -0.496 e. The average Bonchev–Trinajstić information content (AvgIpc) is 2.35. The van der Waals surface area contributed by atoms with E-state index in [1.165, 1.54) is 0 Å². The van der Waals surface area contributed by atoms with Gasteiger partial charge in [-0.05, 0) is 12.1 Å². The van der Waals surface area contributed by atoms with Gasteiger partial charge < -0.3 is 15.8 Å². The van der Waals surface area contributed by atoms with E-state index in [-0.39, 0.29) is 6.04 Å². The first-order chi connectivity index (χ1) is 8.24. The second-order valence-electron chi connectivity index (χ2n) is 3.55. The van der Waals surface area contributed by atoms with Crippen LogP contribution in [-0.2, 0) is 0 Å². The first-order valence-corrected chi connectivity index (χ1v) is 5.81. The van der Waals surface area contributed by atoms with Crippen LogP contribution in [0.2, 0.25) is 5.02 Å². The molecule has 0 fully saturated rings. The summed E-state index contributed by atoms with van der Waals surface area (Å²) >= 11 is 6.18. The second-order valence-corrected chi connectivity index (χ2v) is 3.96. The summed E-state index contributed by atoms with van der Waals surface area (Å²) < 4.78 is 5.29. The van der Waals surface area contributed by atoms with Crippen LogP contribution in [0.4, 0.5) is 0 Å². The van der Waals surface area contributed by atoms with E-state index in [1.54, 1.807) is 7.11 Å². The maximum Gasteiger partial charge on any atom is 0.125 e. The summed E-state index contributed by atoms with van der Waals surface area (Å²) in [5.74, 6) is 3.31. The molecule has 1 rings (SSSR count). The lowest BCUT2D eigenvalue weighted by Crippen LogP contribution is -2.29. The van der Waals surface area contributed by atoms with Crippen LogP contribution in [0.1, 0.15) is 18.0 Å². The number of nitrogens with one attached hydrogen (secondary N) is 1. The zero-order valence-electron chi connectivity index (χ0n) is 9.87. The van der Waals surface area contributed by atoms with Gasteiger partial charge in [0.1, 0.15) is 5.75 Å². The molecule has 1 atom stereocenters. The third-order valence-electron chi connectivity index (χ3n) is 2.48. The van der Waals surface area contributed by atoms with E-state index in [9.17, 15) is 0 Å². The fourth-order valence-electron chi connectivity index (χ4n) is 1.66. The molecule has 1 unspecified atom stereocenters. The van der Waals surface area contributed by atoms with Gasteiger partial charge in [-0.1, -0.05) is 17.7 Å². The third-order valence-corrected chi connectivity index (χ3v) is 2.81. The van der Waals surface area contributed by atoms with Crippen LogP contribution in [-0.4, -0.2) is 20.2 Å². The van der Waals surface area contributed by atoms with E-state index < -0.39 is 0 Å². The minimum absolute atomic E-state index is 0.0491. The maximum absolute atomic E-state index is 6.18. The third kappa shape index (κ3) is 3.64. The van der Waals surface area contributed by atoms with E-state index >= 15 is 0 Å². The monoisotopic (exact) mass is 252 g/mol. The van der Waals surface area contributed by atoms with Crippen molar-refractivity contribution in [3.63, 3.8) is 0 Å². The van der Waals surface area contributed by atoms with Crippen LogP contribution >= 0.6 is 11.6 Å². The van der Waals surface area contributed by atoms with E-state index in [2.05, 4.69) is 11.2 Å². The molecule has 92 valence electrons. The molecule has 3 nitrogen and oxygen atoms in total. The molecule has 0 aliphatic heterocycles. The van der Waals surface area contributed by atoms with Crippen molar-refractivity contribution in [3.8, 4) is 18.1 Å². The Labute approximate surface area is 107 Å². The maximum atomic E-state index is 6.18. The molecule has 4 heteroatoms. The molecule has 3 N–H and O–H groups in total. The van der Waals surface area contributed by atoms with Gasteiger partial charge in [0, 0.05) is 36.1 Å². The van der Waals surface area contributed by atoms with Gasteiger partial charge in [-0.2, -0.15) is 0 Å². The number of hydrogen-bond donors (Lipinski definition) is 2. The number of terminal acetylenes is 1. The molecule has 1 aromatic rings. The number of rotatable bonds is 6. The summed E-state index contributed by atoms with van der Waals surface area (Å²) in [6.45, 7) is 1.14. The Balaban J connectivity index is 2.90. The Kier molecular flexibility index (Phi) is 5.85. The van der Waals surface area contributed by atoms with Gasteiger partial charge in [-0.15, -0.1) is 12.3 Å². The van der Waals surface area contributed by atoms with Gasteiger partial charge in [0.25, 0.3) is 0 Å². The van der Waals surface area contributed by atoms with Gasteiger partial charge in [0.05, 0.1) is 7.11 Å². The largest absolute Gasteiger partial charge is 0.496 e. The zero-order chi connectivity index (χ0) is 12.7. The van der Waals surface area contributed by atoms with Crippen LogP contribution in [0, 0.1) is 12.3 Å². The first-order valence-electron chi connectivity index (χ1n) is 5.44. The van der Waals surface area contributed by atoms with Crippen molar-refractivity contribution in [1.82, 2.24) is 5.32 Å². The number of benzene rings is 1. The summed E-state index contributed by atoms with van der Waals surface area (Å²) in [5, 5.41) is 3.92. The highest BCUT2D eigenvalue weighted by atomic mass is 35.5. The first kappa shape index (κ1) is 13.9. The summed E-state index contributed by atoms with van der Waals surface area (Å²) in [7, 11) is 1.62. The van der Waals surface area contributed by atoms with Crippen molar-refractivity contribution in [3.05, 3.63) is 28.8 Å². The number of hydrogen-bond acceptors (Lipinski definition) is 3. The van der Waals surface area contributed by atoms with Crippen LogP contribution in [0.3, 0.4) is 0 Å². The van der Waals surface area contributed by atoms with Crippen molar-refractivity contribution < 1.29 is 4.74 Å². The molecule has 17 heavy (non-hydrogen) atoms. The molecule has 0 amide bonds. The van der Waals surface area contributed by atoms with Crippen molar-refractivity contribution >= 4 is 11.6 Å². The lowest BCUT2D eigenvalue weighted by atomic mass is 10.1. The smallest absolute Gasteiger partial charge is 0.125 e. The van der Waals surface area contributed by atoms with Crippen molar-refractivity contribution in [2.75, 3.05) is 20.2 Å². The Morgan fingerprint density at radius 3 is 2.94 bits per heavy atom. The van der Waals surface area contributed by atoms with Gasteiger partial charge in [-0.25, -0.2) is 0 Å². The molecule has 0 saturated heterocycles. The summed E-state index contributed by atoms with van der Waals surface area (Å²) in [6, 6.07) is 5.49. The highest BCUT2D eigenvalue weighted by molar-refractivity contribution is 6.31. The van der Waals surface area contributed by atoms with Crippen molar-refractivity contribution in [2.45, 2.75) is 12.5 Å². The van der Waals surface area contributed by atoms with Crippen molar-refractivity contribution in [2.24, 2.45) is 5.73 Å². The van der Waals surface area contributed by atoms with E-state index in [4.69, 9.17) is 28.5 Å². The highest BCUT2D eigenvalue weighted by Crippen LogP contribution is 2.31.